The lowest BCUT2D eigenvalue weighted by Gasteiger charge is -2.24. The van der Waals surface area contributed by atoms with Gasteiger partial charge in [-0.1, -0.05) is 13.8 Å². The van der Waals surface area contributed by atoms with Gasteiger partial charge in [0.15, 0.2) is 5.96 Å². The van der Waals surface area contributed by atoms with Crippen LogP contribution in [0.4, 0.5) is 5.69 Å². The van der Waals surface area contributed by atoms with E-state index in [0.717, 1.165) is 30.3 Å². The minimum absolute atomic E-state index is 0. The van der Waals surface area contributed by atoms with Crippen LogP contribution in [-0.2, 0) is 0 Å². The highest BCUT2D eigenvalue weighted by Crippen LogP contribution is 2.29. The van der Waals surface area contributed by atoms with Crippen molar-refractivity contribution in [1.82, 2.24) is 4.90 Å². The number of likely N-dealkylation sites (N-methyl/N-ethyl adjacent to an activating group) is 1. The fourth-order valence-electron chi connectivity index (χ4n) is 2.51. The normalized spacial score (nSPS) is 12.5. The molecule has 0 saturated heterocycles. The number of nitrogens with one attached hydrogen (secondary N) is 1. The van der Waals surface area contributed by atoms with Crippen LogP contribution in [0.3, 0.4) is 0 Å². The number of benzene rings is 1. The van der Waals surface area contributed by atoms with Gasteiger partial charge in [-0.25, -0.2) is 0 Å². The Bertz CT molecular complexity index is 522. The van der Waals surface area contributed by atoms with Crippen LogP contribution in [0.25, 0.3) is 0 Å². The van der Waals surface area contributed by atoms with Crippen LogP contribution in [0.5, 0.6) is 11.5 Å². The van der Waals surface area contributed by atoms with Crippen LogP contribution in [0.15, 0.2) is 23.2 Å². The maximum atomic E-state index is 6.05. The van der Waals surface area contributed by atoms with E-state index >= 15 is 0 Å². The first-order valence-corrected chi connectivity index (χ1v) is 8.76. The first-order chi connectivity index (χ1) is 11.5. The molecule has 0 aliphatic rings. The molecule has 7 heteroatoms. The lowest BCUT2D eigenvalue weighted by Crippen LogP contribution is -2.36. The van der Waals surface area contributed by atoms with Crippen LogP contribution < -0.4 is 20.5 Å². The zero-order chi connectivity index (χ0) is 17.9. The van der Waals surface area contributed by atoms with Gasteiger partial charge in [-0.3, -0.25) is 9.89 Å². The molecule has 3 N–H and O–H groups in total. The maximum Gasteiger partial charge on any atom is 0.193 e. The summed E-state index contributed by atoms with van der Waals surface area (Å²) >= 11 is 0. The number of guanidine groups is 1. The largest absolute Gasteiger partial charge is 0.494 e. The molecule has 0 fully saturated rings. The molecule has 144 valence electrons. The Morgan fingerprint density at radius 3 is 2.36 bits per heavy atom. The Hall–Kier alpha value is -1.22. The minimum Gasteiger partial charge on any atom is -0.494 e. The third-order valence-corrected chi connectivity index (χ3v) is 3.79. The average molecular weight is 464 g/mol. The number of hydrogen-bond acceptors (Lipinski definition) is 4. The minimum atomic E-state index is 0. The van der Waals surface area contributed by atoms with Crippen LogP contribution >= 0.6 is 24.0 Å². The van der Waals surface area contributed by atoms with Gasteiger partial charge in [-0.2, -0.15) is 0 Å². The third kappa shape index (κ3) is 8.13. The molecule has 1 unspecified atom stereocenters. The van der Waals surface area contributed by atoms with E-state index in [1.165, 1.54) is 0 Å². The van der Waals surface area contributed by atoms with Gasteiger partial charge < -0.3 is 20.5 Å². The Morgan fingerprint density at radius 2 is 1.80 bits per heavy atom. The number of nitrogens with zero attached hydrogens (tertiary/aromatic N) is 2. The molecule has 0 aliphatic carbocycles. The van der Waals surface area contributed by atoms with Crippen molar-refractivity contribution in [3.05, 3.63) is 18.2 Å². The highest BCUT2D eigenvalue weighted by molar-refractivity contribution is 14.0. The van der Waals surface area contributed by atoms with E-state index in [1.54, 1.807) is 0 Å². The molecule has 1 aromatic rings. The topological polar surface area (TPSA) is 72.1 Å². The number of hydrogen-bond donors (Lipinski definition) is 2. The van der Waals surface area contributed by atoms with Crippen molar-refractivity contribution >= 4 is 35.6 Å². The van der Waals surface area contributed by atoms with Crippen molar-refractivity contribution in [1.29, 1.82) is 0 Å². The molecule has 0 amide bonds. The Morgan fingerprint density at radius 1 is 1.16 bits per heavy atom. The Balaban J connectivity index is 0.00000576. The summed E-state index contributed by atoms with van der Waals surface area (Å²) in [4.78, 5) is 6.80. The molecule has 0 radical (unpaired) electrons. The van der Waals surface area contributed by atoms with Gasteiger partial charge in [0.25, 0.3) is 0 Å². The van der Waals surface area contributed by atoms with E-state index in [1.807, 2.05) is 32.0 Å². The van der Waals surface area contributed by atoms with Gasteiger partial charge in [0, 0.05) is 12.1 Å². The summed E-state index contributed by atoms with van der Waals surface area (Å²) in [6.45, 7) is 14.2. The molecule has 0 saturated carbocycles. The van der Waals surface area contributed by atoms with E-state index in [4.69, 9.17) is 15.2 Å². The summed E-state index contributed by atoms with van der Waals surface area (Å²) < 4.78 is 11.2. The lowest BCUT2D eigenvalue weighted by atomic mass is 10.2. The number of halogens is 1. The van der Waals surface area contributed by atoms with Crippen molar-refractivity contribution in [2.75, 3.05) is 38.2 Å². The molecule has 25 heavy (non-hydrogen) atoms. The second-order valence-electron chi connectivity index (χ2n) is 5.45. The summed E-state index contributed by atoms with van der Waals surface area (Å²) in [5.74, 6) is 1.88. The van der Waals surface area contributed by atoms with Crippen molar-refractivity contribution < 1.29 is 9.47 Å². The predicted molar refractivity (Wildman–Crippen MR) is 117 cm³/mol. The van der Waals surface area contributed by atoms with Gasteiger partial charge in [0.2, 0.25) is 0 Å². The first kappa shape index (κ1) is 23.8. The number of nitrogens with two attached hydrogens (primary N) is 1. The number of rotatable bonds is 10. The molecule has 1 aromatic carbocycles. The third-order valence-electron chi connectivity index (χ3n) is 3.79. The fourth-order valence-corrected chi connectivity index (χ4v) is 2.51. The van der Waals surface area contributed by atoms with Gasteiger partial charge in [-0.15, -0.1) is 24.0 Å². The van der Waals surface area contributed by atoms with Gasteiger partial charge in [0.05, 0.1) is 25.4 Å². The molecule has 0 bridgehead atoms. The zero-order valence-electron chi connectivity index (χ0n) is 16.0. The van der Waals surface area contributed by atoms with Crippen LogP contribution in [-0.4, -0.2) is 49.7 Å². The smallest absolute Gasteiger partial charge is 0.193 e. The van der Waals surface area contributed by atoms with Crippen LogP contribution in [0.1, 0.15) is 34.6 Å². The summed E-state index contributed by atoms with van der Waals surface area (Å²) in [6, 6.07) is 5.99. The van der Waals surface area contributed by atoms with Crippen molar-refractivity contribution in [3.63, 3.8) is 0 Å². The number of aliphatic imine (C=N–C) groups is 1. The van der Waals surface area contributed by atoms with E-state index < -0.39 is 0 Å². The average Bonchev–Trinajstić information content (AvgIpc) is 2.57. The Kier molecular flexibility index (Phi) is 12.4. The van der Waals surface area contributed by atoms with Gasteiger partial charge in [-0.05, 0) is 46.0 Å². The molecule has 0 spiro atoms. The molecular formula is C18H33IN4O2. The summed E-state index contributed by atoms with van der Waals surface area (Å²) in [5, 5.41) is 3.13. The Labute approximate surface area is 169 Å². The summed E-state index contributed by atoms with van der Waals surface area (Å²) in [6.07, 6.45) is 0. The second kappa shape index (κ2) is 13.0. The summed E-state index contributed by atoms with van der Waals surface area (Å²) in [5.41, 5.74) is 6.81. The van der Waals surface area contributed by atoms with Crippen molar-refractivity contribution in [3.8, 4) is 11.5 Å². The quantitative estimate of drug-likeness (QED) is 0.315. The molecule has 6 nitrogen and oxygen atoms in total. The standard InChI is InChI=1S/C18H32N4O2.HI/c1-6-22(7-2)14(5)13-20-18(19)21-16-12-15(23-8-3)10-11-17(16)24-9-4;/h10-12,14H,6-9,13H2,1-5H3,(H3,19,20,21);1H. The highest BCUT2D eigenvalue weighted by atomic mass is 127. The number of ether oxygens (including phenoxy) is 2. The predicted octanol–water partition coefficient (Wildman–Crippen LogP) is 3.56. The SMILES string of the molecule is CCOc1ccc(OCC)c(NC(N)=NCC(C)N(CC)CC)c1.I. The lowest BCUT2D eigenvalue weighted by molar-refractivity contribution is 0.237. The van der Waals surface area contributed by atoms with Gasteiger partial charge in [0.1, 0.15) is 11.5 Å². The maximum absolute atomic E-state index is 6.05. The molecule has 0 aromatic heterocycles. The fraction of sp³-hybridized carbons (Fsp3) is 0.611. The highest BCUT2D eigenvalue weighted by Gasteiger charge is 2.10. The second-order valence-corrected chi connectivity index (χ2v) is 5.45. The molecule has 1 rings (SSSR count). The summed E-state index contributed by atoms with van der Waals surface area (Å²) in [7, 11) is 0. The van der Waals surface area contributed by atoms with Crippen molar-refractivity contribution in [2.24, 2.45) is 10.7 Å². The molecule has 1 atom stereocenters. The first-order valence-electron chi connectivity index (χ1n) is 8.76. The monoisotopic (exact) mass is 464 g/mol. The van der Waals surface area contributed by atoms with Gasteiger partial charge >= 0.3 is 0 Å². The molecule has 0 heterocycles. The van der Waals surface area contributed by atoms with E-state index in [-0.39, 0.29) is 24.0 Å². The van der Waals surface area contributed by atoms with Crippen LogP contribution in [0.2, 0.25) is 0 Å². The van der Waals surface area contributed by atoms with Crippen LogP contribution in [0, 0.1) is 0 Å². The van der Waals surface area contributed by atoms with Crippen molar-refractivity contribution in [2.45, 2.75) is 40.7 Å². The van der Waals surface area contributed by atoms with E-state index in [9.17, 15) is 0 Å². The van der Waals surface area contributed by atoms with E-state index in [0.29, 0.717) is 31.8 Å². The van der Waals surface area contributed by atoms with E-state index in [2.05, 4.69) is 36.0 Å². The number of anilines is 1. The molecular weight excluding hydrogens is 431 g/mol. The zero-order valence-corrected chi connectivity index (χ0v) is 18.4. The molecule has 0 aliphatic heterocycles.